The minimum absolute atomic E-state index is 0.115. The number of benzene rings is 3. The topological polar surface area (TPSA) is 131 Å². The zero-order valence-corrected chi connectivity index (χ0v) is 18.9. The molecule has 2 N–H and O–H groups in total. The number of nitrogens with one attached hydrogen (secondary N) is 1. The Kier molecular flexibility index (Phi) is 6.42. The fourth-order valence-electron chi connectivity index (χ4n) is 3.33. The number of phenolic OH excluding ortho intramolecular Hbond substituents is 1. The molecule has 1 saturated heterocycles. The number of aromatic hydroxyl groups is 1. The summed E-state index contributed by atoms with van der Waals surface area (Å²) in [5.41, 5.74) is -0.577. The normalized spacial score (nSPS) is 14.6. The molecule has 0 radical (unpaired) electrons. The second-order valence-electron chi connectivity index (χ2n) is 7.21. The zero-order valence-electron chi connectivity index (χ0n) is 18.1. The lowest BCUT2D eigenvalue weighted by Crippen LogP contribution is -2.54. The summed E-state index contributed by atoms with van der Waals surface area (Å²) < 4.78 is 10.7. The molecule has 1 fully saturated rings. The van der Waals surface area contributed by atoms with Gasteiger partial charge in [0.2, 0.25) is 5.75 Å². The summed E-state index contributed by atoms with van der Waals surface area (Å²) in [6.45, 7) is 0. The number of amides is 2. The molecule has 10 nitrogen and oxygen atoms in total. The Morgan fingerprint density at radius 3 is 2.34 bits per heavy atom. The molecule has 3 aromatic carbocycles. The average Bonchev–Trinajstić information content (AvgIpc) is 2.83. The lowest BCUT2D eigenvalue weighted by molar-refractivity contribution is -0.385. The van der Waals surface area contributed by atoms with E-state index < -0.39 is 28.2 Å². The lowest BCUT2D eigenvalue weighted by Gasteiger charge is -2.29. The molecule has 176 valence electrons. The van der Waals surface area contributed by atoms with Crippen molar-refractivity contribution in [1.82, 2.24) is 5.32 Å². The molecule has 35 heavy (non-hydrogen) atoms. The van der Waals surface area contributed by atoms with E-state index in [9.17, 15) is 24.8 Å². The number of hydrogen-bond donors (Lipinski definition) is 2. The number of rotatable bonds is 6. The zero-order chi connectivity index (χ0) is 25.1. The number of methoxy groups -OCH3 is 1. The molecule has 0 aromatic heterocycles. The van der Waals surface area contributed by atoms with Crippen molar-refractivity contribution >= 4 is 46.6 Å². The van der Waals surface area contributed by atoms with Crippen molar-refractivity contribution in [3.05, 3.63) is 88.0 Å². The molecule has 2 amide bonds. The van der Waals surface area contributed by atoms with Crippen molar-refractivity contribution in [1.29, 1.82) is 0 Å². The molecule has 0 unspecified atom stereocenters. The minimum Gasteiger partial charge on any atom is -0.507 e. The van der Waals surface area contributed by atoms with Crippen LogP contribution in [-0.2, 0) is 9.59 Å². The Labute approximate surface area is 204 Å². The number of carbonyl (C=O) groups is 2. The number of phenols is 1. The first-order chi connectivity index (χ1) is 16.8. The molecule has 0 aliphatic carbocycles. The first-order valence-electron chi connectivity index (χ1n) is 10.1. The highest BCUT2D eigenvalue weighted by Crippen LogP contribution is 2.35. The number of anilines is 1. The van der Waals surface area contributed by atoms with Gasteiger partial charge >= 0.3 is 5.69 Å². The second kappa shape index (κ2) is 9.61. The molecular weight excluding hydrogens is 474 g/mol. The summed E-state index contributed by atoms with van der Waals surface area (Å²) >= 11 is 5.19. The summed E-state index contributed by atoms with van der Waals surface area (Å²) in [6.07, 6.45) is 1.06. The van der Waals surface area contributed by atoms with Crippen LogP contribution in [0.5, 0.6) is 23.0 Å². The number of para-hydroxylation sites is 1. The number of hydrogen-bond acceptors (Lipinski definition) is 8. The van der Waals surface area contributed by atoms with Crippen LogP contribution in [0.15, 0.2) is 72.3 Å². The number of nitro groups is 1. The van der Waals surface area contributed by atoms with Gasteiger partial charge in [0.25, 0.3) is 11.8 Å². The summed E-state index contributed by atoms with van der Waals surface area (Å²) in [5.74, 6) is -1.01. The Bertz CT molecular complexity index is 1370. The quantitative estimate of drug-likeness (QED) is 0.174. The van der Waals surface area contributed by atoms with Crippen LogP contribution in [0.2, 0.25) is 0 Å². The summed E-state index contributed by atoms with van der Waals surface area (Å²) in [6, 6.07) is 17.6. The Morgan fingerprint density at radius 1 is 1.06 bits per heavy atom. The van der Waals surface area contributed by atoms with E-state index in [0.29, 0.717) is 17.2 Å². The highest BCUT2D eigenvalue weighted by atomic mass is 32.1. The van der Waals surface area contributed by atoms with Crippen LogP contribution in [0.25, 0.3) is 6.08 Å². The number of ether oxygens (including phenoxy) is 2. The van der Waals surface area contributed by atoms with Gasteiger partial charge < -0.3 is 14.6 Å². The SMILES string of the molecule is COc1cc(O)c(/C=C2\C(=O)NC(=S)N(c3ccc(Oc4ccccc4)cc3)C2=O)cc1[N+](=O)[O-]. The molecule has 4 rings (SSSR count). The van der Waals surface area contributed by atoms with Gasteiger partial charge in [-0.3, -0.25) is 29.9 Å². The Balaban J connectivity index is 1.66. The maximum atomic E-state index is 13.2. The van der Waals surface area contributed by atoms with Crippen LogP contribution in [0.3, 0.4) is 0 Å². The monoisotopic (exact) mass is 491 g/mol. The number of carbonyl (C=O) groups excluding carboxylic acids is 2. The number of nitro benzene ring substituents is 1. The van der Waals surface area contributed by atoms with Gasteiger partial charge in [0, 0.05) is 17.7 Å². The smallest absolute Gasteiger partial charge is 0.311 e. The molecule has 1 aliphatic rings. The highest BCUT2D eigenvalue weighted by molar-refractivity contribution is 7.80. The fourth-order valence-corrected chi connectivity index (χ4v) is 3.61. The molecule has 1 heterocycles. The van der Waals surface area contributed by atoms with Crippen molar-refractivity contribution in [2.75, 3.05) is 12.0 Å². The van der Waals surface area contributed by atoms with Gasteiger partial charge in [0.1, 0.15) is 22.8 Å². The van der Waals surface area contributed by atoms with E-state index in [1.165, 1.54) is 7.11 Å². The third-order valence-corrected chi connectivity index (χ3v) is 5.28. The van der Waals surface area contributed by atoms with Crippen LogP contribution in [0.1, 0.15) is 5.56 Å². The van der Waals surface area contributed by atoms with Gasteiger partial charge in [-0.25, -0.2) is 0 Å². The number of thiocarbonyl (C=S) groups is 1. The third kappa shape index (κ3) is 4.80. The third-order valence-electron chi connectivity index (χ3n) is 5.00. The lowest BCUT2D eigenvalue weighted by atomic mass is 10.0. The van der Waals surface area contributed by atoms with Crippen LogP contribution >= 0.6 is 12.2 Å². The van der Waals surface area contributed by atoms with E-state index in [1.54, 1.807) is 36.4 Å². The molecular formula is C24H17N3O7S. The van der Waals surface area contributed by atoms with Gasteiger partial charge in [-0.2, -0.15) is 0 Å². The molecule has 0 spiro atoms. The fraction of sp³-hybridized carbons (Fsp3) is 0.0417. The first-order valence-corrected chi connectivity index (χ1v) is 10.5. The van der Waals surface area contributed by atoms with Crippen LogP contribution in [0.4, 0.5) is 11.4 Å². The predicted molar refractivity (Wildman–Crippen MR) is 130 cm³/mol. The van der Waals surface area contributed by atoms with Crippen LogP contribution < -0.4 is 19.7 Å². The summed E-state index contributed by atoms with van der Waals surface area (Å²) in [7, 11) is 1.22. The van der Waals surface area contributed by atoms with Gasteiger partial charge in [-0.15, -0.1) is 0 Å². The van der Waals surface area contributed by atoms with Crippen molar-refractivity contribution in [2.45, 2.75) is 0 Å². The van der Waals surface area contributed by atoms with Gasteiger partial charge in [0.05, 0.1) is 17.7 Å². The van der Waals surface area contributed by atoms with Crippen molar-refractivity contribution < 1.29 is 29.1 Å². The average molecular weight is 491 g/mol. The summed E-state index contributed by atoms with van der Waals surface area (Å²) in [5, 5.41) is 23.9. The molecule has 0 saturated carbocycles. The Hall–Kier alpha value is -4.77. The van der Waals surface area contributed by atoms with E-state index >= 15 is 0 Å². The van der Waals surface area contributed by atoms with E-state index in [0.717, 1.165) is 23.1 Å². The van der Waals surface area contributed by atoms with Crippen molar-refractivity contribution in [3.8, 4) is 23.0 Å². The first kappa shape index (κ1) is 23.4. The van der Waals surface area contributed by atoms with E-state index in [1.807, 2.05) is 18.2 Å². The van der Waals surface area contributed by atoms with Gasteiger partial charge in [-0.05, 0) is 54.7 Å². The van der Waals surface area contributed by atoms with Crippen LogP contribution in [0, 0.1) is 10.1 Å². The maximum absolute atomic E-state index is 13.2. The number of nitrogens with zero attached hydrogens (tertiary/aromatic N) is 2. The van der Waals surface area contributed by atoms with E-state index in [4.69, 9.17) is 21.7 Å². The van der Waals surface area contributed by atoms with Gasteiger partial charge in [0.15, 0.2) is 5.11 Å². The Morgan fingerprint density at radius 2 is 1.71 bits per heavy atom. The maximum Gasteiger partial charge on any atom is 0.311 e. The van der Waals surface area contributed by atoms with E-state index in [2.05, 4.69) is 5.32 Å². The van der Waals surface area contributed by atoms with Crippen molar-refractivity contribution in [2.24, 2.45) is 0 Å². The molecule has 3 aromatic rings. The largest absolute Gasteiger partial charge is 0.507 e. The van der Waals surface area contributed by atoms with E-state index in [-0.39, 0.29) is 22.0 Å². The second-order valence-corrected chi connectivity index (χ2v) is 7.59. The molecule has 0 bridgehead atoms. The molecule has 11 heteroatoms. The predicted octanol–water partition coefficient (Wildman–Crippen LogP) is 3.93. The molecule has 0 atom stereocenters. The van der Waals surface area contributed by atoms with Crippen LogP contribution in [-0.4, -0.2) is 34.1 Å². The van der Waals surface area contributed by atoms with Crippen molar-refractivity contribution in [3.63, 3.8) is 0 Å². The minimum atomic E-state index is -0.807. The standard InChI is InChI=1S/C24H17N3O7S/c1-33-21-13-20(28)14(12-19(21)27(31)32)11-18-22(29)25-24(35)26(23(18)30)15-7-9-17(10-8-15)34-16-5-3-2-4-6-16/h2-13,28H,1H3,(H,25,29,35)/b18-11+. The van der Waals surface area contributed by atoms with Gasteiger partial charge in [-0.1, -0.05) is 18.2 Å². The summed E-state index contributed by atoms with van der Waals surface area (Å²) in [4.78, 5) is 37.5. The molecule has 1 aliphatic heterocycles. The highest BCUT2D eigenvalue weighted by Gasteiger charge is 2.35.